The van der Waals surface area contributed by atoms with Gasteiger partial charge < -0.3 is 10.4 Å². The molecule has 1 aromatic carbocycles. The highest BCUT2D eigenvalue weighted by Gasteiger charge is 2.45. The van der Waals surface area contributed by atoms with Crippen LogP contribution in [0.5, 0.6) is 0 Å². The van der Waals surface area contributed by atoms with Crippen molar-refractivity contribution >= 4 is 27.8 Å². The first kappa shape index (κ1) is 15.0. The van der Waals surface area contributed by atoms with Crippen molar-refractivity contribution in [2.75, 3.05) is 0 Å². The van der Waals surface area contributed by atoms with Crippen molar-refractivity contribution in [3.05, 3.63) is 34.1 Å². The SMILES string of the molecule is O=C(CCc1cc(F)ccc1Br)NC1(C(=O)O)CCC1. The van der Waals surface area contributed by atoms with Gasteiger partial charge in [0, 0.05) is 10.9 Å². The van der Waals surface area contributed by atoms with Gasteiger partial charge >= 0.3 is 5.97 Å². The summed E-state index contributed by atoms with van der Waals surface area (Å²) in [5.41, 5.74) is -0.394. The predicted octanol–water partition coefficient (Wildman–Crippen LogP) is 2.64. The van der Waals surface area contributed by atoms with Gasteiger partial charge in [-0.15, -0.1) is 0 Å². The number of nitrogens with one attached hydrogen (secondary N) is 1. The van der Waals surface area contributed by atoms with Crippen LogP contribution in [0.4, 0.5) is 4.39 Å². The van der Waals surface area contributed by atoms with Crippen LogP contribution in [-0.4, -0.2) is 22.5 Å². The van der Waals surface area contributed by atoms with Crippen molar-refractivity contribution in [3.63, 3.8) is 0 Å². The van der Waals surface area contributed by atoms with Gasteiger partial charge in [-0.3, -0.25) is 4.79 Å². The molecule has 0 aliphatic heterocycles. The van der Waals surface area contributed by atoms with Crippen molar-refractivity contribution in [1.82, 2.24) is 5.32 Å². The van der Waals surface area contributed by atoms with Crippen molar-refractivity contribution in [2.24, 2.45) is 0 Å². The van der Waals surface area contributed by atoms with Crippen molar-refractivity contribution in [3.8, 4) is 0 Å². The van der Waals surface area contributed by atoms with E-state index in [1.807, 2.05) is 0 Å². The zero-order valence-corrected chi connectivity index (χ0v) is 12.4. The molecule has 0 saturated heterocycles. The van der Waals surface area contributed by atoms with Crippen LogP contribution in [0.15, 0.2) is 22.7 Å². The summed E-state index contributed by atoms with van der Waals surface area (Å²) in [6, 6.07) is 4.29. The summed E-state index contributed by atoms with van der Waals surface area (Å²) in [5.74, 6) is -1.66. The van der Waals surface area contributed by atoms with Gasteiger partial charge in [0.2, 0.25) is 5.91 Å². The molecule has 108 valence electrons. The maximum Gasteiger partial charge on any atom is 0.329 e. The van der Waals surface area contributed by atoms with Crippen LogP contribution < -0.4 is 5.32 Å². The molecule has 0 radical (unpaired) electrons. The van der Waals surface area contributed by atoms with E-state index in [1.165, 1.54) is 12.1 Å². The quantitative estimate of drug-likeness (QED) is 0.863. The highest BCUT2D eigenvalue weighted by Crippen LogP contribution is 2.32. The molecule has 0 spiro atoms. The number of carbonyl (C=O) groups is 2. The maximum absolute atomic E-state index is 13.1. The van der Waals surface area contributed by atoms with Crippen molar-refractivity contribution in [2.45, 2.75) is 37.6 Å². The zero-order valence-electron chi connectivity index (χ0n) is 10.8. The molecular weight excluding hydrogens is 329 g/mol. The minimum Gasteiger partial charge on any atom is -0.480 e. The first-order chi connectivity index (χ1) is 9.43. The second-order valence-corrected chi connectivity index (χ2v) is 5.88. The van der Waals surface area contributed by atoms with Crippen LogP contribution in [-0.2, 0) is 16.0 Å². The monoisotopic (exact) mass is 343 g/mol. The average Bonchev–Trinajstić information content (AvgIpc) is 2.34. The fraction of sp³-hybridized carbons (Fsp3) is 0.429. The van der Waals surface area contributed by atoms with Crippen LogP contribution in [0.3, 0.4) is 0 Å². The number of amides is 1. The van der Waals surface area contributed by atoms with Gasteiger partial charge in [-0.25, -0.2) is 9.18 Å². The van der Waals surface area contributed by atoms with Crippen LogP contribution in [0.2, 0.25) is 0 Å². The van der Waals surface area contributed by atoms with E-state index < -0.39 is 11.5 Å². The van der Waals surface area contributed by atoms with E-state index >= 15 is 0 Å². The molecule has 20 heavy (non-hydrogen) atoms. The van der Waals surface area contributed by atoms with E-state index in [1.54, 1.807) is 6.07 Å². The molecule has 0 bridgehead atoms. The second kappa shape index (κ2) is 5.91. The van der Waals surface area contributed by atoms with E-state index in [0.29, 0.717) is 24.8 Å². The molecule has 1 aliphatic carbocycles. The molecule has 0 unspecified atom stereocenters. The van der Waals surface area contributed by atoms with Crippen molar-refractivity contribution in [1.29, 1.82) is 0 Å². The number of carboxylic acids is 1. The first-order valence-corrected chi connectivity index (χ1v) is 7.21. The number of carboxylic acid groups (broad SMARTS) is 1. The Balaban J connectivity index is 1.92. The second-order valence-electron chi connectivity index (χ2n) is 5.02. The Bertz CT molecular complexity index is 543. The fourth-order valence-corrected chi connectivity index (χ4v) is 2.68. The average molecular weight is 344 g/mol. The van der Waals surface area contributed by atoms with E-state index in [-0.39, 0.29) is 18.1 Å². The largest absolute Gasteiger partial charge is 0.480 e. The summed E-state index contributed by atoms with van der Waals surface area (Å²) in [7, 11) is 0. The number of benzene rings is 1. The van der Waals surface area contributed by atoms with Gasteiger partial charge in [0.15, 0.2) is 0 Å². The molecule has 2 rings (SSSR count). The summed E-state index contributed by atoms with van der Waals surface area (Å²) < 4.78 is 13.9. The molecule has 0 heterocycles. The van der Waals surface area contributed by atoms with Crippen LogP contribution in [0, 0.1) is 5.82 Å². The summed E-state index contributed by atoms with van der Waals surface area (Å²) in [6.45, 7) is 0. The summed E-state index contributed by atoms with van der Waals surface area (Å²) in [5, 5.41) is 11.7. The molecule has 0 atom stereocenters. The molecule has 1 amide bonds. The molecule has 1 fully saturated rings. The molecule has 6 heteroatoms. The third-order valence-corrected chi connectivity index (χ3v) is 4.40. The molecule has 4 nitrogen and oxygen atoms in total. The Kier molecular flexibility index (Phi) is 4.42. The number of hydrogen-bond donors (Lipinski definition) is 2. The number of aliphatic carboxylic acids is 1. The molecule has 1 aliphatic rings. The summed E-state index contributed by atoms with van der Waals surface area (Å²) in [4.78, 5) is 23.0. The third-order valence-electron chi connectivity index (χ3n) is 3.62. The van der Waals surface area contributed by atoms with Gasteiger partial charge in [0.1, 0.15) is 11.4 Å². The lowest BCUT2D eigenvalue weighted by molar-refractivity contribution is -0.151. The van der Waals surface area contributed by atoms with Gasteiger partial charge in [-0.1, -0.05) is 15.9 Å². The molecule has 0 aromatic heterocycles. The standard InChI is InChI=1S/C14H15BrFNO3/c15-11-4-3-10(16)8-9(11)2-5-12(18)17-14(13(19)20)6-1-7-14/h3-4,8H,1-2,5-7H2,(H,17,18)(H,19,20). The van der Waals surface area contributed by atoms with Crippen molar-refractivity contribution < 1.29 is 19.1 Å². The number of halogens is 2. The Morgan fingerprint density at radius 1 is 1.40 bits per heavy atom. The van der Waals surface area contributed by atoms with Crippen LogP contribution in [0.1, 0.15) is 31.2 Å². The molecule has 1 aromatic rings. The molecule has 1 saturated carbocycles. The maximum atomic E-state index is 13.1. The fourth-order valence-electron chi connectivity index (χ4n) is 2.24. The highest BCUT2D eigenvalue weighted by atomic mass is 79.9. The number of hydrogen-bond acceptors (Lipinski definition) is 2. The van der Waals surface area contributed by atoms with Gasteiger partial charge in [0.05, 0.1) is 0 Å². The summed E-state index contributed by atoms with van der Waals surface area (Å²) in [6.07, 6.45) is 2.24. The zero-order chi connectivity index (χ0) is 14.8. The smallest absolute Gasteiger partial charge is 0.329 e. The van der Waals surface area contributed by atoms with E-state index in [9.17, 15) is 14.0 Å². The van der Waals surface area contributed by atoms with E-state index in [0.717, 1.165) is 10.9 Å². The molecular formula is C14H15BrFNO3. The Hall–Kier alpha value is -1.43. The topological polar surface area (TPSA) is 66.4 Å². The Morgan fingerprint density at radius 3 is 2.65 bits per heavy atom. The summed E-state index contributed by atoms with van der Waals surface area (Å²) >= 11 is 3.30. The lowest BCUT2D eigenvalue weighted by Crippen LogP contribution is -2.59. The van der Waals surface area contributed by atoms with Crippen LogP contribution >= 0.6 is 15.9 Å². The van der Waals surface area contributed by atoms with Gasteiger partial charge in [0.25, 0.3) is 0 Å². The minimum atomic E-state index is -1.09. The lowest BCUT2D eigenvalue weighted by Gasteiger charge is -2.38. The van der Waals surface area contributed by atoms with E-state index in [2.05, 4.69) is 21.2 Å². The van der Waals surface area contributed by atoms with E-state index in [4.69, 9.17) is 5.11 Å². The van der Waals surface area contributed by atoms with Crippen LogP contribution in [0.25, 0.3) is 0 Å². The number of aryl methyl sites for hydroxylation is 1. The number of rotatable bonds is 5. The Morgan fingerprint density at radius 2 is 2.10 bits per heavy atom. The normalized spacial score (nSPS) is 16.3. The minimum absolute atomic E-state index is 0.136. The van der Waals surface area contributed by atoms with Gasteiger partial charge in [-0.05, 0) is 49.4 Å². The lowest BCUT2D eigenvalue weighted by atomic mass is 9.76. The third kappa shape index (κ3) is 3.17. The first-order valence-electron chi connectivity index (χ1n) is 6.41. The Labute approximate surface area is 124 Å². The highest BCUT2D eigenvalue weighted by molar-refractivity contribution is 9.10. The number of carbonyl (C=O) groups excluding carboxylic acids is 1. The molecule has 2 N–H and O–H groups in total. The predicted molar refractivity (Wildman–Crippen MR) is 74.8 cm³/mol. The van der Waals surface area contributed by atoms with Gasteiger partial charge in [-0.2, -0.15) is 0 Å².